The lowest BCUT2D eigenvalue weighted by Gasteiger charge is -2.07. The van der Waals surface area contributed by atoms with Crippen molar-refractivity contribution in [3.05, 3.63) is 28.5 Å². The zero-order chi connectivity index (χ0) is 12.3. The SMILES string of the molecule is O=C(CCOc1ccc(F)c(Br)c1)NC1CC1. The van der Waals surface area contributed by atoms with Crippen LogP contribution in [-0.4, -0.2) is 18.6 Å². The highest BCUT2D eigenvalue weighted by molar-refractivity contribution is 9.10. The topological polar surface area (TPSA) is 38.3 Å². The predicted molar refractivity (Wildman–Crippen MR) is 65.4 cm³/mol. The molecule has 0 aliphatic heterocycles. The molecule has 0 aromatic heterocycles. The molecule has 1 aromatic rings. The molecule has 0 saturated heterocycles. The van der Waals surface area contributed by atoms with Crippen LogP contribution in [-0.2, 0) is 4.79 Å². The molecule has 0 radical (unpaired) electrons. The summed E-state index contributed by atoms with van der Waals surface area (Å²) >= 11 is 3.07. The normalized spacial score (nSPS) is 14.5. The monoisotopic (exact) mass is 301 g/mol. The Kier molecular flexibility index (Phi) is 3.99. The summed E-state index contributed by atoms with van der Waals surface area (Å²) in [5.74, 6) is 0.231. The summed E-state index contributed by atoms with van der Waals surface area (Å²) in [4.78, 5) is 11.3. The van der Waals surface area contributed by atoms with Crippen molar-refractivity contribution in [2.24, 2.45) is 0 Å². The molecule has 1 aliphatic carbocycles. The van der Waals surface area contributed by atoms with Crippen LogP contribution in [0.5, 0.6) is 5.75 Å². The van der Waals surface area contributed by atoms with Crippen molar-refractivity contribution in [2.75, 3.05) is 6.61 Å². The molecular formula is C12H13BrFNO2. The Labute approximate surface area is 107 Å². The van der Waals surface area contributed by atoms with E-state index in [4.69, 9.17) is 4.74 Å². The molecule has 1 aliphatic rings. The van der Waals surface area contributed by atoms with Gasteiger partial charge >= 0.3 is 0 Å². The molecule has 0 unspecified atom stereocenters. The number of hydrogen-bond acceptors (Lipinski definition) is 2. The van der Waals surface area contributed by atoms with E-state index in [-0.39, 0.29) is 11.7 Å². The summed E-state index contributed by atoms with van der Waals surface area (Å²) in [6.07, 6.45) is 2.49. The molecule has 0 spiro atoms. The van der Waals surface area contributed by atoms with Gasteiger partial charge in [-0.1, -0.05) is 0 Å². The summed E-state index contributed by atoms with van der Waals surface area (Å²) in [5.41, 5.74) is 0. The Morgan fingerprint density at radius 3 is 2.94 bits per heavy atom. The van der Waals surface area contributed by atoms with Crippen LogP contribution in [0.15, 0.2) is 22.7 Å². The number of rotatable bonds is 5. The van der Waals surface area contributed by atoms with Crippen LogP contribution in [0.3, 0.4) is 0 Å². The van der Waals surface area contributed by atoms with Gasteiger partial charge < -0.3 is 10.1 Å². The highest BCUT2D eigenvalue weighted by Crippen LogP contribution is 2.22. The summed E-state index contributed by atoms with van der Waals surface area (Å²) in [7, 11) is 0. The van der Waals surface area contributed by atoms with E-state index in [2.05, 4.69) is 21.2 Å². The Morgan fingerprint density at radius 1 is 1.53 bits per heavy atom. The van der Waals surface area contributed by atoms with Gasteiger partial charge in [0.05, 0.1) is 17.5 Å². The van der Waals surface area contributed by atoms with Crippen LogP contribution in [0.1, 0.15) is 19.3 Å². The minimum atomic E-state index is -0.330. The minimum absolute atomic E-state index is 0.00803. The molecule has 92 valence electrons. The average molecular weight is 302 g/mol. The van der Waals surface area contributed by atoms with Crippen molar-refractivity contribution >= 4 is 21.8 Å². The Balaban J connectivity index is 1.73. The molecular weight excluding hydrogens is 289 g/mol. The Bertz CT molecular complexity index is 421. The maximum absolute atomic E-state index is 12.9. The highest BCUT2D eigenvalue weighted by atomic mass is 79.9. The number of carbonyl (C=O) groups is 1. The third-order valence-electron chi connectivity index (χ3n) is 2.43. The summed E-state index contributed by atoms with van der Waals surface area (Å²) < 4.78 is 18.6. The van der Waals surface area contributed by atoms with Gasteiger partial charge in [0.1, 0.15) is 11.6 Å². The van der Waals surface area contributed by atoms with Gasteiger partial charge in [0, 0.05) is 6.04 Å². The molecule has 0 atom stereocenters. The zero-order valence-corrected chi connectivity index (χ0v) is 10.8. The van der Waals surface area contributed by atoms with Crippen LogP contribution in [0.4, 0.5) is 4.39 Å². The van der Waals surface area contributed by atoms with Crippen molar-refractivity contribution < 1.29 is 13.9 Å². The maximum Gasteiger partial charge on any atom is 0.223 e. The number of ether oxygens (including phenoxy) is 1. The van der Waals surface area contributed by atoms with Gasteiger partial charge in [-0.3, -0.25) is 4.79 Å². The second-order valence-corrected chi connectivity index (χ2v) is 4.87. The van der Waals surface area contributed by atoms with Gasteiger partial charge in [-0.05, 0) is 47.0 Å². The Hall–Kier alpha value is -1.10. The molecule has 1 aromatic carbocycles. The first kappa shape index (κ1) is 12.4. The molecule has 5 heteroatoms. The van der Waals surface area contributed by atoms with E-state index in [0.29, 0.717) is 29.3 Å². The van der Waals surface area contributed by atoms with Crippen molar-refractivity contribution in [3.8, 4) is 5.75 Å². The third kappa shape index (κ3) is 4.00. The number of nitrogens with one attached hydrogen (secondary N) is 1. The highest BCUT2D eigenvalue weighted by Gasteiger charge is 2.22. The smallest absolute Gasteiger partial charge is 0.223 e. The van der Waals surface area contributed by atoms with E-state index in [1.807, 2.05) is 0 Å². The molecule has 0 bridgehead atoms. The average Bonchev–Trinajstić information content (AvgIpc) is 3.07. The molecule has 1 N–H and O–H groups in total. The first-order chi connectivity index (χ1) is 8.15. The molecule has 17 heavy (non-hydrogen) atoms. The Morgan fingerprint density at radius 2 is 2.29 bits per heavy atom. The van der Waals surface area contributed by atoms with Crippen molar-refractivity contribution in [2.45, 2.75) is 25.3 Å². The maximum atomic E-state index is 12.9. The number of benzene rings is 1. The lowest BCUT2D eigenvalue weighted by atomic mass is 10.3. The van der Waals surface area contributed by atoms with Crippen LogP contribution >= 0.6 is 15.9 Å². The van der Waals surface area contributed by atoms with E-state index in [1.165, 1.54) is 6.07 Å². The second-order valence-electron chi connectivity index (χ2n) is 4.02. The van der Waals surface area contributed by atoms with Crippen LogP contribution in [0, 0.1) is 5.82 Å². The third-order valence-corrected chi connectivity index (χ3v) is 3.04. The van der Waals surface area contributed by atoms with Crippen LogP contribution < -0.4 is 10.1 Å². The number of halogens is 2. The molecule has 0 heterocycles. The lowest BCUT2D eigenvalue weighted by molar-refractivity contribution is -0.121. The largest absolute Gasteiger partial charge is 0.493 e. The number of carbonyl (C=O) groups excluding carboxylic acids is 1. The predicted octanol–water partition coefficient (Wildman–Crippen LogP) is 2.64. The van der Waals surface area contributed by atoms with Gasteiger partial charge in [-0.2, -0.15) is 0 Å². The van der Waals surface area contributed by atoms with Crippen LogP contribution in [0.25, 0.3) is 0 Å². The standard InChI is InChI=1S/C12H13BrFNO2/c13-10-7-9(3-4-11(10)14)17-6-5-12(16)15-8-1-2-8/h3-4,7-8H,1-2,5-6H2,(H,15,16). The van der Waals surface area contributed by atoms with Gasteiger partial charge in [0.2, 0.25) is 5.91 Å². The molecule has 3 nitrogen and oxygen atoms in total. The fourth-order valence-corrected chi connectivity index (χ4v) is 1.71. The van der Waals surface area contributed by atoms with E-state index < -0.39 is 0 Å². The molecule has 1 saturated carbocycles. The van der Waals surface area contributed by atoms with E-state index in [9.17, 15) is 9.18 Å². The summed E-state index contributed by atoms with van der Waals surface area (Å²) in [6.45, 7) is 0.302. The van der Waals surface area contributed by atoms with Gasteiger partial charge in [0.15, 0.2) is 0 Å². The van der Waals surface area contributed by atoms with Crippen molar-refractivity contribution in [1.82, 2.24) is 5.32 Å². The molecule has 1 fully saturated rings. The first-order valence-corrected chi connectivity index (χ1v) is 6.31. The molecule has 1 amide bonds. The zero-order valence-electron chi connectivity index (χ0n) is 9.21. The fraction of sp³-hybridized carbons (Fsp3) is 0.417. The van der Waals surface area contributed by atoms with E-state index in [1.54, 1.807) is 12.1 Å². The number of amides is 1. The van der Waals surface area contributed by atoms with Gasteiger partial charge in [-0.15, -0.1) is 0 Å². The summed E-state index contributed by atoms with van der Waals surface area (Å²) in [6, 6.07) is 4.79. The second kappa shape index (κ2) is 5.49. The van der Waals surface area contributed by atoms with Gasteiger partial charge in [-0.25, -0.2) is 4.39 Å². The summed E-state index contributed by atoms with van der Waals surface area (Å²) in [5, 5.41) is 2.87. The van der Waals surface area contributed by atoms with Crippen molar-refractivity contribution in [1.29, 1.82) is 0 Å². The van der Waals surface area contributed by atoms with Gasteiger partial charge in [0.25, 0.3) is 0 Å². The van der Waals surface area contributed by atoms with Crippen molar-refractivity contribution in [3.63, 3.8) is 0 Å². The first-order valence-electron chi connectivity index (χ1n) is 5.52. The fourth-order valence-electron chi connectivity index (χ4n) is 1.36. The number of hydrogen-bond donors (Lipinski definition) is 1. The van der Waals surface area contributed by atoms with E-state index in [0.717, 1.165) is 12.8 Å². The van der Waals surface area contributed by atoms with E-state index >= 15 is 0 Å². The van der Waals surface area contributed by atoms with Crippen LogP contribution in [0.2, 0.25) is 0 Å². The molecule has 2 rings (SSSR count). The lowest BCUT2D eigenvalue weighted by Crippen LogP contribution is -2.26. The minimum Gasteiger partial charge on any atom is -0.493 e. The quantitative estimate of drug-likeness (QED) is 0.908.